The van der Waals surface area contributed by atoms with E-state index in [1.165, 1.54) is 0 Å². The number of hydrogen-bond donors (Lipinski definition) is 2. The van der Waals surface area contributed by atoms with Crippen molar-refractivity contribution in [2.24, 2.45) is 0 Å². The van der Waals surface area contributed by atoms with Crippen LogP contribution in [0.3, 0.4) is 0 Å². The normalized spacial score (nSPS) is 24.5. The molecular weight excluding hydrogens is 242 g/mol. The molecule has 3 aliphatic heterocycles. The Balaban J connectivity index is 1.87. The van der Waals surface area contributed by atoms with Crippen LogP contribution < -0.4 is 10.8 Å². The topological polar surface area (TPSA) is 70.7 Å². The third-order valence-corrected chi connectivity index (χ3v) is 3.08. The first-order valence-corrected chi connectivity index (χ1v) is 5.61. The van der Waals surface area contributed by atoms with Crippen LogP contribution >= 0.6 is 11.8 Å². The highest BCUT2D eigenvalue weighted by Gasteiger charge is 2.25. The van der Waals surface area contributed by atoms with Crippen LogP contribution in [0, 0.1) is 0 Å². The minimum atomic E-state index is -0.355. The van der Waals surface area contributed by atoms with Gasteiger partial charge < -0.3 is 0 Å². The van der Waals surface area contributed by atoms with E-state index >= 15 is 0 Å². The van der Waals surface area contributed by atoms with Gasteiger partial charge in [0.15, 0.2) is 0 Å². The van der Waals surface area contributed by atoms with Gasteiger partial charge in [-0.1, -0.05) is 0 Å². The van der Waals surface area contributed by atoms with Crippen molar-refractivity contribution in [3.8, 4) is 0 Å². The molecule has 3 aliphatic rings. The first kappa shape index (κ1) is 10.2. The number of imide groups is 1. The molecule has 17 heavy (non-hydrogen) atoms. The molecule has 6 nitrogen and oxygen atoms in total. The van der Waals surface area contributed by atoms with Gasteiger partial charge in [0.1, 0.15) is 0 Å². The van der Waals surface area contributed by atoms with Gasteiger partial charge in [0, 0.05) is 6.20 Å². The minimum absolute atomic E-state index is 0.339. The largest absolute Gasteiger partial charge is 0.290 e. The number of thioether (sulfide) groups is 1. The Hall–Kier alpha value is -1.99. The molecule has 0 aromatic carbocycles. The molecule has 0 bridgehead atoms. The summed E-state index contributed by atoms with van der Waals surface area (Å²) >= 11 is 0.899. The van der Waals surface area contributed by atoms with Crippen molar-refractivity contribution in [3.63, 3.8) is 0 Å². The maximum atomic E-state index is 11.4. The average Bonchev–Trinajstić information content (AvgIpc) is 2.85. The number of allylic oxidation sites excluding steroid dienone is 4. The molecule has 0 aromatic rings. The third kappa shape index (κ3) is 1.85. The average molecular weight is 249 g/mol. The van der Waals surface area contributed by atoms with Crippen LogP contribution in [0.1, 0.15) is 0 Å². The Morgan fingerprint density at radius 2 is 2.29 bits per heavy atom. The molecule has 7 heteroatoms. The molecule has 0 saturated carbocycles. The number of hydroxylamine groups is 3. The molecule has 3 heterocycles. The molecule has 1 fully saturated rings. The number of rotatable bonds is 1. The lowest BCUT2D eigenvalue weighted by Gasteiger charge is -2.15. The summed E-state index contributed by atoms with van der Waals surface area (Å²) in [5.41, 5.74) is 4.26. The number of hydrogen-bond acceptors (Lipinski definition) is 6. The molecule has 0 atom stereocenters. The van der Waals surface area contributed by atoms with Gasteiger partial charge in [0.25, 0.3) is 11.1 Å². The molecule has 2 N–H and O–H groups in total. The summed E-state index contributed by atoms with van der Waals surface area (Å²) in [5, 5.41) is 3.42. The van der Waals surface area contributed by atoms with Crippen LogP contribution in [-0.4, -0.2) is 16.2 Å². The highest BCUT2D eigenvalue weighted by Crippen LogP contribution is 2.27. The molecule has 0 spiro atoms. The van der Waals surface area contributed by atoms with Gasteiger partial charge in [0.2, 0.25) is 0 Å². The maximum absolute atomic E-state index is 11.4. The van der Waals surface area contributed by atoms with E-state index in [2.05, 4.69) is 10.8 Å². The zero-order chi connectivity index (χ0) is 11.8. The fourth-order valence-corrected chi connectivity index (χ4v) is 2.20. The summed E-state index contributed by atoms with van der Waals surface area (Å²) < 4.78 is 0. The molecule has 3 rings (SSSR count). The summed E-state index contributed by atoms with van der Waals surface area (Å²) in [5.74, 6) is -0.355. The van der Waals surface area contributed by atoms with Crippen molar-refractivity contribution in [2.75, 3.05) is 0 Å². The summed E-state index contributed by atoms with van der Waals surface area (Å²) in [6, 6.07) is 0. The van der Waals surface area contributed by atoms with Crippen LogP contribution in [0.4, 0.5) is 4.79 Å². The molecule has 0 unspecified atom stereocenters. The van der Waals surface area contributed by atoms with E-state index in [0.29, 0.717) is 4.91 Å². The zero-order valence-electron chi connectivity index (χ0n) is 8.47. The standard InChI is InChI=1S/C10H7N3O3S/c14-9-8(17-10(15)12-9)4-6-1-2-13-7(3-6)5-11-16-13/h1-5,11H,(H,12,14,15). The Kier molecular flexibility index (Phi) is 2.27. The highest BCUT2D eigenvalue weighted by atomic mass is 32.2. The van der Waals surface area contributed by atoms with Gasteiger partial charge in [-0.15, -0.1) is 0 Å². The second-order valence-corrected chi connectivity index (χ2v) is 4.43. The van der Waals surface area contributed by atoms with Crippen molar-refractivity contribution >= 4 is 22.9 Å². The number of nitrogens with zero attached hydrogens (tertiary/aromatic N) is 1. The Morgan fingerprint density at radius 3 is 3.06 bits per heavy atom. The zero-order valence-corrected chi connectivity index (χ0v) is 9.28. The molecule has 1 saturated heterocycles. The van der Waals surface area contributed by atoms with Crippen molar-refractivity contribution in [2.45, 2.75) is 0 Å². The molecule has 0 aromatic heterocycles. The van der Waals surface area contributed by atoms with Crippen molar-refractivity contribution in [1.29, 1.82) is 0 Å². The van der Waals surface area contributed by atoms with E-state index in [1.807, 2.05) is 6.08 Å². The van der Waals surface area contributed by atoms with Gasteiger partial charge in [-0.3, -0.25) is 14.9 Å². The van der Waals surface area contributed by atoms with Gasteiger partial charge in [0.05, 0.1) is 16.8 Å². The fourth-order valence-electron chi connectivity index (χ4n) is 1.52. The number of nitrogens with one attached hydrogen (secondary N) is 2. The van der Waals surface area contributed by atoms with E-state index in [9.17, 15) is 9.59 Å². The van der Waals surface area contributed by atoms with Crippen LogP contribution in [0.5, 0.6) is 0 Å². The van der Waals surface area contributed by atoms with Gasteiger partial charge >= 0.3 is 0 Å². The van der Waals surface area contributed by atoms with Crippen molar-refractivity contribution in [3.05, 3.63) is 46.8 Å². The summed E-state index contributed by atoms with van der Waals surface area (Å²) in [6.07, 6.45) is 8.70. The first-order chi connectivity index (χ1) is 8.22. The summed E-state index contributed by atoms with van der Waals surface area (Å²) in [4.78, 5) is 27.8. The lowest BCUT2D eigenvalue weighted by molar-refractivity contribution is -0.115. The highest BCUT2D eigenvalue weighted by molar-refractivity contribution is 8.18. The van der Waals surface area contributed by atoms with E-state index < -0.39 is 0 Å². The van der Waals surface area contributed by atoms with Crippen LogP contribution in [-0.2, 0) is 9.73 Å². The fraction of sp³-hybridized carbons (Fsp3) is 0. The van der Waals surface area contributed by atoms with Crippen LogP contribution in [0.2, 0.25) is 0 Å². The summed E-state index contributed by atoms with van der Waals surface area (Å²) in [6.45, 7) is 0. The van der Waals surface area contributed by atoms with E-state index in [-0.39, 0.29) is 11.1 Å². The molecular formula is C10H7N3O3S. The number of fused-ring (bicyclic) bond motifs is 1. The smallest absolute Gasteiger partial charge is 0.282 e. The van der Waals surface area contributed by atoms with Gasteiger partial charge in [-0.25, -0.2) is 10.5 Å². The number of carbonyl (C=O) groups excluding carboxylic acids is 2. The van der Waals surface area contributed by atoms with Crippen LogP contribution in [0.15, 0.2) is 46.8 Å². The molecule has 2 amide bonds. The van der Waals surface area contributed by atoms with Gasteiger partial charge in [-0.05, 0) is 35.6 Å². The van der Waals surface area contributed by atoms with E-state index in [0.717, 1.165) is 23.0 Å². The second-order valence-electron chi connectivity index (χ2n) is 3.42. The third-order valence-electron chi connectivity index (χ3n) is 2.27. The minimum Gasteiger partial charge on any atom is -0.282 e. The van der Waals surface area contributed by atoms with Gasteiger partial charge in [-0.2, -0.15) is 4.94 Å². The first-order valence-electron chi connectivity index (χ1n) is 4.79. The molecule has 0 radical (unpaired) electrons. The van der Waals surface area contributed by atoms with E-state index in [4.69, 9.17) is 4.94 Å². The number of carbonyl (C=O) groups is 2. The maximum Gasteiger partial charge on any atom is 0.290 e. The summed E-state index contributed by atoms with van der Waals surface area (Å²) in [7, 11) is 0. The predicted molar refractivity (Wildman–Crippen MR) is 60.6 cm³/mol. The van der Waals surface area contributed by atoms with Crippen LogP contribution in [0.25, 0.3) is 0 Å². The lowest BCUT2D eigenvalue weighted by Crippen LogP contribution is -2.18. The Labute approximate surface area is 101 Å². The van der Waals surface area contributed by atoms with Crippen molar-refractivity contribution < 1.29 is 14.5 Å². The Bertz CT molecular complexity index is 533. The lowest BCUT2D eigenvalue weighted by atomic mass is 10.1. The van der Waals surface area contributed by atoms with E-state index in [1.54, 1.807) is 29.6 Å². The number of amides is 2. The Morgan fingerprint density at radius 1 is 1.41 bits per heavy atom. The second kappa shape index (κ2) is 3.79. The van der Waals surface area contributed by atoms with Crippen molar-refractivity contribution in [1.82, 2.24) is 15.9 Å². The monoisotopic (exact) mass is 249 g/mol. The SMILES string of the molecule is O=C1NC(=O)C(=CC2=CC3=CNON3C=C2)S1. The quantitative estimate of drug-likeness (QED) is 0.673. The molecule has 0 aliphatic carbocycles. The predicted octanol–water partition coefficient (Wildman–Crippen LogP) is 0.900. The molecule has 86 valence electrons.